The van der Waals surface area contributed by atoms with Gasteiger partial charge in [-0.15, -0.1) is 0 Å². The Balaban J connectivity index is 1.33. The topological polar surface area (TPSA) is 53.8 Å². The fourth-order valence-electron chi connectivity index (χ4n) is 7.06. The Bertz CT molecular complexity index is 1160. The van der Waals surface area contributed by atoms with Crippen LogP contribution in [0, 0.1) is 5.92 Å². The quantitative estimate of drug-likeness (QED) is 0.368. The molecule has 3 saturated heterocycles. The fraction of sp³-hybridized carbons (Fsp3) is 0.697. The van der Waals surface area contributed by atoms with Crippen LogP contribution in [0.4, 0.5) is 10.5 Å². The molecule has 4 heterocycles. The number of piperidine rings is 1. The van der Waals surface area contributed by atoms with Crippen LogP contribution in [0.3, 0.4) is 0 Å². The van der Waals surface area contributed by atoms with E-state index in [-0.39, 0.29) is 11.6 Å². The third-order valence-corrected chi connectivity index (χ3v) is 9.25. The average Bonchev–Trinajstić information content (AvgIpc) is 3.64. The minimum atomic E-state index is -0.456. The predicted octanol–water partition coefficient (Wildman–Crippen LogP) is 7.12. The molecule has 7 heteroatoms. The number of aromatic nitrogens is 2. The fourth-order valence-corrected chi connectivity index (χ4v) is 7.06. The van der Waals surface area contributed by atoms with Gasteiger partial charge in [0.1, 0.15) is 5.60 Å². The summed E-state index contributed by atoms with van der Waals surface area (Å²) in [5.74, 6) is 0.817. The minimum absolute atomic E-state index is 0.154. The van der Waals surface area contributed by atoms with E-state index in [4.69, 9.17) is 9.84 Å². The number of carbonyl (C=O) groups excluding carboxylic acids is 1. The van der Waals surface area contributed by atoms with E-state index in [0.717, 1.165) is 57.2 Å². The Morgan fingerprint density at radius 2 is 1.90 bits per heavy atom. The van der Waals surface area contributed by atoms with Crippen LogP contribution in [-0.2, 0) is 11.3 Å². The maximum absolute atomic E-state index is 12.7. The van der Waals surface area contributed by atoms with Crippen molar-refractivity contribution in [3.63, 3.8) is 0 Å². The van der Waals surface area contributed by atoms with Gasteiger partial charge in [-0.05, 0) is 97.7 Å². The van der Waals surface area contributed by atoms with Gasteiger partial charge in [-0.1, -0.05) is 25.5 Å². The molecule has 2 aromatic rings. The van der Waals surface area contributed by atoms with Gasteiger partial charge in [-0.25, -0.2) is 4.79 Å². The molecule has 1 spiro atoms. The molecule has 0 radical (unpaired) electrons. The van der Waals surface area contributed by atoms with E-state index in [1.54, 1.807) is 0 Å². The van der Waals surface area contributed by atoms with Gasteiger partial charge < -0.3 is 14.5 Å². The van der Waals surface area contributed by atoms with Crippen LogP contribution < -0.4 is 4.90 Å². The second kappa shape index (κ2) is 11.8. The Labute approximate surface area is 241 Å². The Morgan fingerprint density at radius 1 is 1.12 bits per heavy atom. The lowest BCUT2D eigenvalue weighted by Crippen LogP contribution is -2.53. The van der Waals surface area contributed by atoms with Crippen LogP contribution in [0.15, 0.2) is 30.5 Å². The molecule has 1 atom stereocenters. The van der Waals surface area contributed by atoms with E-state index in [2.05, 4.69) is 65.7 Å². The first kappa shape index (κ1) is 29.0. The summed E-state index contributed by atoms with van der Waals surface area (Å²) >= 11 is 0. The molecule has 1 amide bonds. The van der Waals surface area contributed by atoms with Gasteiger partial charge in [0.05, 0.1) is 5.69 Å². The third-order valence-electron chi connectivity index (χ3n) is 9.25. The number of hydrogen-bond donors (Lipinski definition) is 0. The van der Waals surface area contributed by atoms with Crippen molar-refractivity contribution in [1.82, 2.24) is 19.6 Å². The summed E-state index contributed by atoms with van der Waals surface area (Å²) in [7, 11) is 0. The highest BCUT2D eigenvalue weighted by Crippen LogP contribution is 2.41. The maximum atomic E-state index is 12.7. The molecule has 1 aromatic heterocycles. The molecule has 1 aromatic carbocycles. The molecule has 3 fully saturated rings. The molecular weight excluding hydrogens is 498 g/mol. The summed E-state index contributed by atoms with van der Waals surface area (Å²) in [6, 6.07) is 9.39. The molecule has 1 unspecified atom stereocenters. The molecular formula is C33H51N5O2. The maximum Gasteiger partial charge on any atom is 0.410 e. The molecule has 5 rings (SSSR count). The van der Waals surface area contributed by atoms with Crippen LogP contribution in [0.1, 0.15) is 98.1 Å². The van der Waals surface area contributed by atoms with Gasteiger partial charge in [-0.2, -0.15) is 5.10 Å². The lowest BCUT2D eigenvalue weighted by molar-refractivity contribution is 0.00167. The van der Waals surface area contributed by atoms with Crippen molar-refractivity contribution >= 4 is 11.8 Å². The summed E-state index contributed by atoms with van der Waals surface area (Å²) in [5, 5.41) is 5.14. The van der Waals surface area contributed by atoms with Crippen molar-refractivity contribution in [2.45, 2.75) is 110 Å². The Morgan fingerprint density at radius 3 is 2.60 bits per heavy atom. The standard InChI is InChI=1S/C33H51N5O2/c1-7-10-26-13-18-36(22-26)29-12-8-11-27(21-29)30-28(24-38(34-30)25(2)3)23-37-17-9-14-33(37)15-19-35(20-16-33)31(39)40-32(4,5)6/h8,11-12,21,24-26H,7,9-10,13-20,22-23H2,1-6H3. The van der Waals surface area contributed by atoms with E-state index >= 15 is 0 Å². The first-order valence-corrected chi connectivity index (χ1v) is 15.7. The van der Waals surface area contributed by atoms with E-state index in [0.29, 0.717) is 6.04 Å². The van der Waals surface area contributed by atoms with Gasteiger partial charge in [0.2, 0.25) is 0 Å². The molecule has 220 valence electrons. The SMILES string of the molecule is CCCC1CCN(c2cccc(-c3nn(C(C)C)cc3CN3CCCC34CCN(C(=O)OC(C)(C)C)CC4)c2)C1. The van der Waals surface area contributed by atoms with Crippen LogP contribution in [0.25, 0.3) is 11.3 Å². The zero-order chi connectivity index (χ0) is 28.5. The number of benzene rings is 1. The normalized spacial score (nSPS) is 21.6. The number of nitrogens with zero attached hydrogens (tertiary/aromatic N) is 5. The van der Waals surface area contributed by atoms with E-state index in [1.165, 1.54) is 55.5 Å². The molecule has 0 saturated carbocycles. The number of hydrogen-bond acceptors (Lipinski definition) is 5. The van der Waals surface area contributed by atoms with Crippen LogP contribution in [0.2, 0.25) is 0 Å². The second-order valence-electron chi connectivity index (χ2n) is 13.7. The van der Waals surface area contributed by atoms with Crippen LogP contribution >= 0.6 is 0 Å². The van der Waals surface area contributed by atoms with Gasteiger partial charge in [0.25, 0.3) is 0 Å². The van der Waals surface area contributed by atoms with Gasteiger partial charge in [-0.3, -0.25) is 9.58 Å². The van der Waals surface area contributed by atoms with Crippen LogP contribution in [-0.4, -0.2) is 69.5 Å². The zero-order valence-electron chi connectivity index (χ0n) is 25.8. The highest BCUT2D eigenvalue weighted by atomic mass is 16.6. The van der Waals surface area contributed by atoms with Crippen molar-refractivity contribution in [3.05, 3.63) is 36.0 Å². The predicted molar refractivity (Wildman–Crippen MR) is 163 cm³/mol. The van der Waals surface area contributed by atoms with Crippen molar-refractivity contribution in [2.24, 2.45) is 5.92 Å². The summed E-state index contributed by atoms with van der Waals surface area (Å²) < 4.78 is 7.80. The third kappa shape index (κ3) is 6.35. The highest BCUT2D eigenvalue weighted by molar-refractivity contribution is 5.69. The number of rotatable bonds is 7. The first-order chi connectivity index (χ1) is 19.1. The average molecular weight is 550 g/mol. The number of amides is 1. The lowest BCUT2D eigenvalue weighted by Gasteiger charge is -2.45. The molecule has 0 N–H and O–H groups in total. The largest absolute Gasteiger partial charge is 0.444 e. The number of anilines is 1. The Hall–Kier alpha value is -2.54. The van der Waals surface area contributed by atoms with Gasteiger partial charge in [0, 0.05) is 67.3 Å². The molecule has 7 nitrogen and oxygen atoms in total. The smallest absolute Gasteiger partial charge is 0.410 e. The molecule has 3 aliphatic rings. The van der Waals surface area contributed by atoms with E-state index < -0.39 is 5.60 Å². The van der Waals surface area contributed by atoms with E-state index in [9.17, 15) is 4.79 Å². The molecule has 40 heavy (non-hydrogen) atoms. The van der Waals surface area contributed by atoms with E-state index in [1.807, 2.05) is 25.7 Å². The number of ether oxygens (including phenoxy) is 1. The van der Waals surface area contributed by atoms with Crippen molar-refractivity contribution in [2.75, 3.05) is 37.6 Å². The van der Waals surface area contributed by atoms with Crippen molar-refractivity contribution < 1.29 is 9.53 Å². The van der Waals surface area contributed by atoms with Gasteiger partial charge >= 0.3 is 6.09 Å². The summed E-state index contributed by atoms with van der Waals surface area (Å²) in [5.41, 5.74) is 4.68. The van der Waals surface area contributed by atoms with Crippen LogP contribution in [0.5, 0.6) is 0 Å². The molecule has 0 aliphatic carbocycles. The zero-order valence-corrected chi connectivity index (χ0v) is 25.8. The monoisotopic (exact) mass is 549 g/mol. The Kier molecular flexibility index (Phi) is 8.51. The summed E-state index contributed by atoms with van der Waals surface area (Å²) in [6.07, 6.45) is 10.4. The van der Waals surface area contributed by atoms with Crippen molar-refractivity contribution in [3.8, 4) is 11.3 Å². The van der Waals surface area contributed by atoms with Crippen molar-refractivity contribution in [1.29, 1.82) is 0 Å². The number of carbonyl (C=O) groups is 1. The molecule has 0 bridgehead atoms. The van der Waals surface area contributed by atoms with Gasteiger partial charge in [0.15, 0.2) is 0 Å². The lowest BCUT2D eigenvalue weighted by atomic mass is 9.84. The summed E-state index contributed by atoms with van der Waals surface area (Å²) in [4.78, 5) is 19.9. The number of likely N-dealkylation sites (tertiary alicyclic amines) is 2. The minimum Gasteiger partial charge on any atom is -0.444 e. The summed E-state index contributed by atoms with van der Waals surface area (Å²) in [6.45, 7) is 18.4. The first-order valence-electron chi connectivity index (χ1n) is 15.7. The second-order valence-corrected chi connectivity index (χ2v) is 13.7. The highest BCUT2D eigenvalue weighted by Gasteiger charge is 2.44. The molecule has 3 aliphatic heterocycles.